The molecule has 2 aromatic carbocycles. The first-order chi connectivity index (χ1) is 18.5. The van der Waals surface area contributed by atoms with Gasteiger partial charge in [0.2, 0.25) is 11.8 Å². The molecule has 2 atom stereocenters. The molecule has 6 N–H and O–H groups in total. The number of hydrogen-bond acceptors (Lipinski definition) is 6. The van der Waals surface area contributed by atoms with Gasteiger partial charge in [0.1, 0.15) is 11.9 Å². The second-order valence-corrected chi connectivity index (χ2v) is 8.94. The van der Waals surface area contributed by atoms with Crippen LogP contribution in [0.2, 0.25) is 0 Å². The van der Waals surface area contributed by atoms with Crippen LogP contribution in [0.15, 0.2) is 79.0 Å². The Hall–Kier alpha value is -4.24. The highest BCUT2D eigenvalue weighted by atomic mass is 16.4. The van der Waals surface area contributed by atoms with Gasteiger partial charge in [0.15, 0.2) is 0 Å². The van der Waals surface area contributed by atoms with Crippen molar-refractivity contribution in [2.24, 2.45) is 5.73 Å². The second kappa shape index (κ2) is 15.1. The van der Waals surface area contributed by atoms with Crippen molar-refractivity contribution in [3.8, 4) is 11.1 Å². The normalized spacial score (nSPS) is 12.2. The van der Waals surface area contributed by atoms with Crippen molar-refractivity contribution >= 4 is 23.6 Å². The lowest BCUT2D eigenvalue weighted by Gasteiger charge is -2.23. The molecule has 0 saturated carbocycles. The molecule has 3 aromatic rings. The Labute approximate surface area is 222 Å². The first-order valence-corrected chi connectivity index (χ1v) is 12.8. The maximum Gasteiger partial charge on any atom is 0.305 e. The molecule has 3 rings (SSSR count). The van der Waals surface area contributed by atoms with E-state index in [0.29, 0.717) is 37.9 Å². The summed E-state index contributed by atoms with van der Waals surface area (Å²) in [6.07, 6.45) is 3.08. The van der Waals surface area contributed by atoms with Crippen molar-refractivity contribution in [1.82, 2.24) is 15.6 Å². The second-order valence-electron chi connectivity index (χ2n) is 8.94. The van der Waals surface area contributed by atoms with Gasteiger partial charge in [-0.15, -0.1) is 0 Å². The van der Waals surface area contributed by atoms with Crippen LogP contribution in [0.25, 0.3) is 11.1 Å². The van der Waals surface area contributed by atoms with Gasteiger partial charge in [0.25, 0.3) is 0 Å². The molecule has 9 nitrogen and oxygen atoms in total. The van der Waals surface area contributed by atoms with E-state index in [4.69, 9.17) is 5.73 Å². The SMILES string of the molecule is NCCC[C@@H](NC(=O)CCCNc1ccccn1)C(=O)NC(CC(=O)O)c1ccc(-c2ccccc2)cc1. The summed E-state index contributed by atoms with van der Waals surface area (Å²) >= 11 is 0. The van der Waals surface area contributed by atoms with Crippen LogP contribution in [-0.4, -0.2) is 47.0 Å². The summed E-state index contributed by atoms with van der Waals surface area (Å²) in [5.74, 6) is -0.997. The Morgan fingerprint density at radius 3 is 2.24 bits per heavy atom. The lowest BCUT2D eigenvalue weighted by molar-refractivity contribution is -0.138. The van der Waals surface area contributed by atoms with Crippen molar-refractivity contribution in [3.63, 3.8) is 0 Å². The number of anilines is 1. The summed E-state index contributed by atoms with van der Waals surface area (Å²) in [6.45, 7) is 0.927. The Bertz CT molecular complexity index is 1160. The van der Waals surface area contributed by atoms with Crippen molar-refractivity contribution in [2.75, 3.05) is 18.4 Å². The number of hydrogen-bond donors (Lipinski definition) is 5. The zero-order valence-electron chi connectivity index (χ0n) is 21.3. The Morgan fingerprint density at radius 1 is 0.868 bits per heavy atom. The molecule has 2 amide bonds. The van der Waals surface area contributed by atoms with Crippen molar-refractivity contribution in [3.05, 3.63) is 84.6 Å². The van der Waals surface area contributed by atoms with Crippen LogP contribution >= 0.6 is 0 Å². The molecule has 0 bridgehead atoms. The molecular formula is C29H35N5O4. The Balaban J connectivity index is 1.60. The number of carboxylic acid groups (broad SMARTS) is 1. The van der Waals surface area contributed by atoms with Crippen molar-refractivity contribution in [2.45, 2.75) is 44.2 Å². The van der Waals surface area contributed by atoms with Gasteiger partial charge in [-0.2, -0.15) is 0 Å². The van der Waals surface area contributed by atoms with Crippen molar-refractivity contribution < 1.29 is 19.5 Å². The molecule has 38 heavy (non-hydrogen) atoms. The highest BCUT2D eigenvalue weighted by Gasteiger charge is 2.25. The number of amides is 2. The molecule has 1 unspecified atom stereocenters. The zero-order chi connectivity index (χ0) is 27.2. The van der Waals surface area contributed by atoms with Gasteiger partial charge in [0, 0.05) is 19.2 Å². The molecule has 0 aliphatic carbocycles. The highest BCUT2D eigenvalue weighted by Crippen LogP contribution is 2.23. The first-order valence-electron chi connectivity index (χ1n) is 12.8. The molecule has 1 aromatic heterocycles. The number of carboxylic acids is 1. The summed E-state index contributed by atoms with van der Waals surface area (Å²) in [7, 11) is 0. The third-order valence-corrected chi connectivity index (χ3v) is 6.02. The fraction of sp³-hybridized carbons (Fsp3) is 0.310. The molecule has 200 valence electrons. The van der Waals surface area contributed by atoms with Crippen LogP contribution in [0.1, 0.15) is 43.7 Å². The van der Waals surface area contributed by atoms with Gasteiger partial charge in [-0.1, -0.05) is 60.7 Å². The van der Waals surface area contributed by atoms with Gasteiger partial charge in [0.05, 0.1) is 12.5 Å². The molecule has 0 saturated heterocycles. The van der Waals surface area contributed by atoms with E-state index < -0.39 is 24.0 Å². The number of aromatic nitrogens is 1. The number of nitrogens with one attached hydrogen (secondary N) is 3. The van der Waals surface area contributed by atoms with E-state index in [1.54, 1.807) is 6.20 Å². The van der Waals surface area contributed by atoms with Crippen LogP contribution in [0.4, 0.5) is 5.82 Å². The number of pyridine rings is 1. The van der Waals surface area contributed by atoms with Gasteiger partial charge in [-0.3, -0.25) is 14.4 Å². The molecule has 9 heteroatoms. The van der Waals surface area contributed by atoms with E-state index >= 15 is 0 Å². The largest absolute Gasteiger partial charge is 0.481 e. The third kappa shape index (κ3) is 9.33. The van der Waals surface area contributed by atoms with E-state index in [-0.39, 0.29) is 18.7 Å². The van der Waals surface area contributed by atoms with Crippen LogP contribution < -0.4 is 21.7 Å². The number of benzene rings is 2. The van der Waals surface area contributed by atoms with Gasteiger partial charge >= 0.3 is 5.97 Å². The molecule has 0 radical (unpaired) electrons. The summed E-state index contributed by atoms with van der Waals surface area (Å²) in [5, 5.41) is 18.2. The minimum absolute atomic E-state index is 0.228. The smallest absolute Gasteiger partial charge is 0.305 e. The van der Waals surface area contributed by atoms with Crippen LogP contribution in [0.3, 0.4) is 0 Å². The van der Waals surface area contributed by atoms with Crippen molar-refractivity contribution in [1.29, 1.82) is 0 Å². The Kier molecular flexibility index (Phi) is 11.3. The lowest BCUT2D eigenvalue weighted by atomic mass is 9.98. The number of carbonyl (C=O) groups is 3. The lowest BCUT2D eigenvalue weighted by Crippen LogP contribution is -2.48. The number of nitrogens with two attached hydrogens (primary N) is 1. The van der Waals surface area contributed by atoms with Crippen LogP contribution in [0.5, 0.6) is 0 Å². The average molecular weight is 518 g/mol. The standard InChI is InChI=1S/C29H35N5O4/c30-17-6-10-24(33-27(35)12-7-19-32-26-11-4-5-18-31-26)29(38)34-25(20-28(36)37)23-15-13-22(14-16-23)21-8-2-1-3-9-21/h1-5,8-9,11,13-16,18,24-25H,6-7,10,12,17,19-20,30H2,(H,31,32)(H,33,35)(H,34,38)(H,36,37)/t24-,25?/m1/s1. The van der Waals surface area contributed by atoms with Crippen LogP contribution in [-0.2, 0) is 14.4 Å². The summed E-state index contributed by atoms with van der Waals surface area (Å²) in [4.78, 5) is 41.5. The van der Waals surface area contributed by atoms with E-state index in [2.05, 4.69) is 20.9 Å². The molecular weight excluding hydrogens is 482 g/mol. The fourth-order valence-electron chi connectivity index (χ4n) is 4.03. The number of carbonyl (C=O) groups excluding carboxylic acids is 2. The quantitative estimate of drug-likeness (QED) is 0.194. The molecule has 0 fully saturated rings. The summed E-state index contributed by atoms with van der Waals surface area (Å²) in [6, 6.07) is 21.2. The van der Waals surface area contributed by atoms with E-state index in [1.165, 1.54) is 0 Å². The van der Waals surface area contributed by atoms with Gasteiger partial charge < -0.3 is 26.8 Å². The summed E-state index contributed by atoms with van der Waals surface area (Å²) in [5.41, 5.74) is 8.34. The molecule has 0 aliphatic rings. The predicted molar refractivity (Wildman–Crippen MR) is 147 cm³/mol. The predicted octanol–water partition coefficient (Wildman–Crippen LogP) is 3.50. The topological polar surface area (TPSA) is 146 Å². The van der Waals surface area contributed by atoms with Gasteiger partial charge in [-0.05, 0) is 54.6 Å². The molecule has 0 aliphatic heterocycles. The monoisotopic (exact) mass is 517 g/mol. The molecule has 1 heterocycles. The minimum atomic E-state index is -1.04. The third-order valence-electron chi connectivity index (χ3n) is 6.02. The maximum atomic E-state index is 13.2. The Morgan fingerprint density at radius 2 is 1.58 bits per heavy atom. The average Bonchev–Trinajstić information content (AvgIpc) is 2.94. The number of aliphatic carboxylic acids is 1. The molecule has 0 spiro atoms. The van der Waals surface area contributed by atoms with Crippen LogP contribution in [0, 0.1) is 0 Å². The summed E-state index contributed by atoms with van der Waals surface area (Å²) < 4.78 is 0. The van der Waals surface area contributed by atoms with Gasteiger partial charge in [-0.25, -0.2) is 4.98 Å². The number of nitrogens with zero attached hydrogens (tertiary/aromatic N) is 1. The first kappa shape index (κ1) is 28.3. The zero-order valence-corrected chi connectivity index (χ0v) is 21.3. The van der Waals surface area contributed by atoms with E-state index in [0.717, 1.165) is 16.9 Å². The highest BCUT2D eigenvalue weighted by molar-refractivity contribution is 5.88. The van der Waals surface area contributed by atoms with E-state index in [1.807, 2.05) is 72.8 Å². The fourth-order valence-corrected chi connectivity index (χ4v) is 4.03. The number of rotatable bonds is 15. The minimum Gasteiger partial charge on any atom is -0.481 e. The van der Waals surface area contributed by atoms with E-state index in [9.17, 15) is 19.5 Å². The maximum absolute atomic E-state index is 13.2.